The molecule has 0 saturated heterocycles. The highest BCUT2D eigenvalue weighted by atomic mass is 35.5. The van der Waals surface area contributed by atoms with Crippen LogP contribution in [0.15, 0.2) is 84.9 Å². The van der Waals surface area contributed by atoms with E-state index in [9.17, 15) is 9.59 Å². The van der Waals surface area contributed by atoms with Gasteiger partial charge in [0, 0.05) is 51.4 Å². The maximum absolute atomic E-state index is 13.8. The summed E-state index contributed by atoms with van der Waals surface area (Å²) in [5.41, 5.74) is 10.8. The van der Waals surface area contributed by atoms with E-state index in [4.69, 9.17) is 5.73 Å². The second kappa shape index (κ2) is 16.3. The van der Waals surface area contributed by atoms with Gasteiger partial charge in [-0.1, -0.05) is 92.7 Å². The van der Waals surface area contributed by atoms with Gasteiger partial charge in [-0.05, 0) is 47.9 Å². The fourth-order valence-electron chi connectivity index (χ4n) is 5.37. The zero-order chi connectivity index (χ0) is 28.3. The Morgan fingerprint density at radius 1 is 0.805 bits per heavy atom. The normalized spacial score (nSPS) is 15.4. The van der Waals surface area contributed by atoms with Gasteiger partial charge in [-0.3, -0.25) is 14.5 Å². The van der Waals surface area contributed by atoms with E-state index in [1.165, 1.54) is 11.1 Å². The standard InChI is InChI=1S/C34H44N4O2.ClH/c1-27(2)24-33(39)38-21-11-20-36(25-29-14-7-4-8-15-29)22-23-37(26-30-16-9-10-17-32(30)38)34(40)31(35)19-18-28-12-5-3-6-13-28;/h3-10,12-17,27,31H,11,18-26,35H2,1-2H3;1H/t31-;/m0./s1. The molecule has 2 amide bonds. The number of carbonyl (C=O) groups excluding carboxylic acids is 2. The molecule has 7 heteroatoms. The molecule has 0 radical (unpaired) electrons. The molecule has 3 aromatic rings. The highest BCUT2D eigenvalue weighted by molar-refractivity contribution is 5.94. The number of aryl methyl sites for hydroxylation is 1. The zero-order valence-electron chi connectivity index (χ0n) is 24.5. The molecule has 0 aliphatic carbocycles. The minimum absolute atomic E-state index is 0. The number of amides is 2. The number of nitrogens with two attached hydrogens (primary N) is 1. The Kier molecular flexibility index (Phi) is 12.9. The number of nitrogens with zero attached hydrogens (tertiary/aromatic N) is 3. The van der Waals surface area contributed by atoms with E-state index in [1.54, 1.807) is 0 Å². The second-order valence-electron chi connectivity index (χ2n) is 11.3. The molecule has 4 rings (SSSR count). The van der Waals surface area contributed by atoms with Crippen molar-refractivity contribution in [1.29, 1.82) is 0 Å². The molecule has 3 aromatic carbocycles. The van der Waals surface area contributed by atoms with Crippen LogP contribution in [0.5, 0.6) is 0 Å². The molecule has 0 fully saturated rings. The first-order chi connectivity index (χ1) is 19.4. The summed E-state index contributed by atoms with van der Waals surface area (Å²) in [6.45, 7) is 8.20. The van der Waals surface area contributed by atoms with Gasteiger partial charge in [0.25, 0.3) is 0 Å². The van der Waals surface area contributed by atoms with E-state index in [-0.39, 0.29) is 30.1 Å². The van der Waals surface area contributed by atoms with E-state index in [0.717, 1.165) is 43.7 Å². The molecular formula is C34H45ClN4O2. The summed E-state index contributed by atoms with van der Waals surface area (Å²) in [7, 11) is 0. The van der Waals surface area contributed by atoms with Crippen molar-refractivity contribution in [2.75, 3.05) is 31.1 Å². The van der Waals surface area contributed by atoms with E-state index >= 15 is 0 Å². The largest absolute Gasteiger partial charge is 0.336 e. The molecule has 0 spiro atoms. The molecular weight excluding hydrogens is 532 g/mol. The molecule has 1 heterocycles. The van der Waals surface area contributed by atoms with Gasteiger partial charge in [0.1, 0.15) is 0 Å². The van der Waals surface area contributed by atoms with Crippen LogP contribution in [-0.4, -0.2) is 53.8 Å². The van der Waals surface area contributed by atoms with Crippen LogP contribution in [-0.2, 0) is 29.1 Å². The Hall–Kier alpha value is -3.19. The first-order valence-electron chi connectivity index (χ1n) is 14.6. The molecule has 1 aliphatic heterocycles. The number of hydrogen-bond donors (Lipinski definition) is 1. The summed E-state index contributed by atoms with van der Waals surface area (Å²) in [4.78, 5) is 33.5. The summed E-state index contributed by atoms with van der Waals surface area (Å²) in [6, 6.07) is 28.1. The lowest BCUT2D eigenvalue weighted by Gasteiger charge is -2.30. The van der Waals surface area contributed by atoms with Gasteiger partial charge in [0.05, 0.1) is 6.04 Å². The second-order valence-corrected chi connectivity index (χ2v) is 11.3. The fraction of sp³-hybridized carbons (Fsp3) is 0.412. The van der Waals surface area contributed by atoms with Gasteiger partial charge in [0.15, 0.2) is 0 Å². The third-order valence-corrected chi connectivity index (χ3v) is 7.53. The predicted octanol–water partition coefficient (Wildman–Crippen LogP) is 5.68. The van der Waals surface area contributed by atoms with Gasteiger partial charge in [-0.2, -0.15) is 0 Å². The van der Waals surface area contributed by atoms with Crippen LogP contribution in [0.4, 0.5) is 5.69 Å². The smallest absolute Gasteiger partial charge is 0.239 e. The number of carbonyl (C=O) groups is 2. The summed E-state index contributed by atoms with van der Waals surface area (Å²) >= 11 is 0. The van der Waals surface area contributed by atoms with Crippen molar-refractivity contribution in [3.05, 3.63) is 102 Å². The number of benzene rings is 3. The van der Waals surface area contributed by atoms with E-state index in [1.807, 2.05) is 58.3 Å². The van der Waals surface area contributed by atoms with Crippen LogP contribution in [0.2, 0.25) is 0 Å². The van der Waals surface area contributed by atoms with Crippen molar-refractivity contribution >= 4 is 29.9 Å². The SMILES string of the molecule is CC(C)CC(=O)N1CCCN(Cc2ccccc2)CCN(C(=O)[C@@H](N)CCc2ccccc2)Cc2ccccc21.Cl. The Morgan fingerprint density at radius 3 is 2.12 bits per heavy atom. The maximum Gasteiger partial charge on any atom is 0.239 e. The Balaban J connectivity index is 0.00000462. The first-order valence-corrected chi connectivity index (χ1v) is 14.6. The monoisotopic (exact) mass is 576 g/mol. The summed E-state index contributed by atoms with van der Waals surface area (Å²) in [5, 5.41) is 0. The molecule has 0 saturated carbocycles. The number of anilines is 1. The van der Waals surface area contributed by atoms with Crippen LogP contribution in [0.25, 0.3) is 0 Å². The topological polar surface area (TPSA) is 69.9 Å². The molecule has 41 heavy (non-hydrogen) atoms. The minimum Gasteiger partial charge on any atom is -0.336 e. The number of hydrogen-bond acceptors (Lipinski definition) is 4. The molecule has 1 aliphatic rings. The van der Waals surface area contributed by atoms with Crippen LogP contribution >= 0.6 is 12.4 Å². The number of rotatable bonds is 8. The van der Waals surface area contributed by atoms with Crippen molar-refractivity contribution in [2.24, 2.45) is 11.7 Å². The minimum atomic E-state index is -0.584. The Bertz CT molecular complexity index is 1220. The third-order valence-electron chi connectivity index (χ3n) is 7.53. The lowest BCUT2D eigenvalue weighted by molar-refractivity contribution is -0.133. The van der Waals surface area contributed by atoms with Crippen molar-refractivity contribution in [1.82, 2.24) is 9.80 Å². The molecule has 6 nitrogen and oxygen atoms in total. The van der Waals surface area contributed by atoms with Gasteiger partial charge >= 0.3 is 0 Å². The number of para-hydroxylation sites is 1. The zero-order valence-corrected chi connectivity index (χ0v) is 25.3. The van der Waals surface area contributed by atoms with E-state index in [0.29, 0.717) is 32.5 Å². The quantitative estimate of drug-likeness (QED) is 0.374. The third kappa shape index (κ3) is 9.70. The number of halogens is 1. The average Bonchev–Trinajstić information content (AvgIpc) is 2.99. The Labute approximate surface area is 251 Å². The summed E-state index contributed by atoms with van der Waals surface area (Å²) in [6.07, 6.45) is 2.70. The highest BCUT2D eigenvalue weighted by Gasteiger charge is 2.26. The maximum atomic E-state index is 13.8. The molecule has 0 bridgehead atoms. The highest BCUT2D eigenvalue weighted by Crippen LogP contribution is 2.25. The lowest BCUT2D eigenvalue weighted by atomic mass is 10.0. The van der Waals surface area contributed by atoms with Crippen LogP contribution < -0.4 is 10.6 Å². The average molecular weight is 577 g/mol. The van der Waals surface area contributed by atoms with Crippen molar-refractivity contribution in [2.45, 2.75) is 58.7 Å². The molecule has 0 unspecified atom stereocenters. The van der Waals surface area contributed by atoms with Crippen molar-refractivity contribution < 1.29 is 9.59 Å². The van der Waals surface area contributed by atoms with Gasteiger partial charge in [-0.25, -0.2) is 0 Å². The number of fused-ring (bicyclic) bond motifs is 1. The molecule has 1 atom stereocenters. The first kappa shape index (κ1) is 32.3. The van der Waals surface area contributed by atoms with Crippen LogP contribution in [0.1, 0.15) is 49.8 Å². The summed E-state index contributed by atoms with van der Waals surface area (Å²) < 4.78 is 0. The van der Waals surface area contributed by atoms with E-state index < -0.39 is 6.04 Å². The molecule has 220 valence electrons. The molecule has 2 N–H and O–H groups in total. The predicted molar refractivity (Wildman–Crippen MR) is 170 cm³/mol. The lowest BCUT2D eigenvalue weighted by Crippen LogP contribution is -2.46. The van der Waals surface area contributed by atoms with Crippen LogP contribution in [0, 0.1) is 5.92 Å². The van der Waals surface area contributed by atoms with Gasteiger partial charge < -0.3 is 15.5 Å². The van der Waals surface area contributed by atoms with Gasteiger partial charge in [-0.15, -0.1) is 12.4 Å². The van der Waals surface area contributed by atoms with Crippen LogP contribution in [0.3, 0.4) is 0 Å². The van der Waals surface area contributed by atoms with Crippen molar-refractivity contribution in [3.8, 4) is 0 Å². The van der Waals surface area contributed by atoms with Crippen molar-refractivity contribution in [3.63, 3.8) is 0 Å². The fourth-order valence-corrected chi connectivity index (χ4v) is 5.37. The molecule has 0 aromatic heterocycles. The van der Waals surface area contributed by atoms with E-state index in [2.05, 4.69) is 55.1 Å². The summed E-state index contributed by atoms with van der Waals surface area (Å²) in [5.74, 6) is 0.367. The Morgan fingerprint density at radius 2 is 1.44 bits per heavy atom. The van der Waals surface area contributed by atoms with Gasteiger partial charge in [0.2, 0.25) is 11.8 Å².